The van der Waals surface area contributed by atoms with Crippen molar-refractivity contribution in [2.75, 3.05) is 24.7 Å². The van der Waals surface area contributed by atoms with Crippen molar-refractivity contribution >= 4 is 35.4 Å². The number of fused-ring (bicyclic) bond motifs is 2. The Balaban J connectivity index is 1.76. The minimum Gasteiger partial charge on any atom is -0.396 e. The zero-order valence-electron chi connectivity index (χ0n) is 19.2. The summed E-state index contributed by atoms with van der Waals surface area (Å²) in [4.78, 5) is 15.3. The van der Waals surface area contributed by atoms with Gasteiger partial charge in [0.25, 0.3) is 0 Å². The van der Waals surface area contributed by atoms with Crippen LogP contribution in [-0.4, -0.2) is 40.7 Å². The summed E-state index contributed by atoms with van der Waals surface area (Å²) in [5, 5.41) is 18.5. The molecule has 0 radical (unpaired) electrons. The lowest BCUT2D eigenvalue weighted by molar-refractivity contribution is -0.111. The monoisotopic (exact) mass is 498 g/mol. The number of aliphatic hydroxyl groups is 2. The summed E-state index contributed by atoms with van der Waals surface area (Å²) in [5.41, 5.74) is 5.42. The third-order valence-corrected chi connectivity index (χ3v) is 8.41. The van der Waals surface area contributed by atoms with E-state index in [4.69, 9.17) is 0 Å². The van der Waals surface area contributed by atoms with Crippen molar-refractivity contribution < 1.29 is 15.0 Å². The lowest BCUT2D eigenvalue weighted by atomic mass is 9.58. The lowest BCUT2D eigenvalue weighted by Gasteiger charge is -2.43. The third-order valence-electron chi connectivity index (χ3n) is 6.43. The molecule has 35 heavy (non-hydrogen) atoms. The van der Waals surface area contributed by atoms with E-state index in [-0.39, 0.29) is 19.0 Å². The van der Waals surface area contributed by atoms with Gasteiger partial charge in [0.15, 0.2) is 5.78 Å². The SMILES string of the molecule is O=C1C=CC=C2C1=Cc1ccccc1C2(c1ccc(SCCO)cc1)c1ccc(SCCO)cc1. The van der Waals surface area contributed by atoms with Gasteiger partial charge in [0.05, 0.1) is 18.6 Å². The Hall–Kier alpha value is -2.83. The van der Waals surface area contributed by atoms with Crippen LogP contribution in [0.5, 0.6) is 0 Å². The molecule has 0 atom stereocenters. The van der Waals surface area contributed by atoms with Crippen molar-refractivity contribution in [3.05, 3.63) is 124 Å². The Labute approximate surface area is 214 Å². The highest BCUT2D eigenvalue weighted by Crippen LogP contribution is 2.53. The molecule has 0 fully saturated rings. The molecule has 176 valence electrons. The molecular formula is C30H26O3S2. The molecule has 3 nitrogen and oxygen atoms in total. The average Bonchev–Trinajstić information content (AvgIpc) is 2.91. The average molecular weight is 499 g/mol. The number of ketones is 1. The zero-order valence-corrected chi connectivity index (χ0v) is 20.8. The molecule has 0 heterocycles. The molecule has 0 saturated heterocycles. The van der Waals surface area contributed by atoms with Crippen LogP contribution in [0.3, 0.4) is 0 Å². The summed E-state index contributed by atoms with van der Waals surface area (Å²) in [6.45, 7) is 0.277. The van der Waals surface area contributed by atoms with Crippen LogP contribution >= 0.6 is 23.5 Å². The molecular weight excluding hydrogens is 472 g/mol. The van der Waals surface area contributed by atoms with Gasteiger partial charge in [-0.15, -0.1) is 23.5 Å². The molecule has 0 aliphatic heterocycles. The van der Waals surface area contributed by atoms with E-state index in [1.165, 1.54) is 0 Å². The Bertz CT molecular complexity index is 1270. The van der Waals surface area contributed by atoms with E-state index in [1.54, 1.807) is 29.6 Å². The second-order valence-electron chi connectivity index (χ2n) is 8.39. The fraction of sp³-hybridized carbons (Fsp3) is 0.167. The Kier molecular flexibility index (Phi) is 7.12. The molecule has 5 rings (SSSR count). The highest BCUT2D eigenvalue weighted by atomic mass is 32.2. The van der Waals surface area contributed by atoms with E-state index in [0.717, 1.165) is 43.2 Å². The quantitative estimate of drug-likeness (QED) is 0.393. The van der Waals surface area contributed by atoms with Crippen LogP contribution < -0.4 is 0 Å². The Morgan fingerprint density at radius 1 is 0.743 bits per heavy atom. The lowest BCUT2D eigenvalue weighted by Crippen LogP contribution is -2.37. The molecule has 5 heteroatoms. The second kappa shape index (κ2) is 10.4. The Morgan fingerprint density at radius 2 is 1.31 bits per heavy atom. The van der Waals surface area contributed by atoms with Crippen molar-refractivity contribution in [2.45, 2.75) is 15.2 Å². The van der Waals surface area contributed by atoms with E-state index < -0.39 is 5.41 Å². The summed E-state index contributed by atoms with van der Waals surface area (Å²) in [7, 11) is 0. The molecule has 2 N–H and O–H groups in total. The minimum absolute atomic E-state index is 0.0200. The summed E-state index contributed by atoms with van der Waals surface area (Å²) in [6.07, 6.45) is 7.58. The maximum absolute atomic E-state index is 13.1. The van der Waals surface area contributed by atoms with Crippen molar-refractivity contribution in [2.24, 2.45) is 0 Å². The molecule has 0 aromatic heterocycles. The molecule has 3 aromatic rings. The molecule has 0 unspecified atom stereocenters. The number of allylic oxidation sites excluding steroid dienone is 5. The number of rotatable bonds is 8. The summed E-state index contributed by atoms with van der Waals surface area (Å²) >= 11 is 3.25. The van der Waals surface area contributed by atoms with Gasteiger partial charge < -0.3 is 10.2 Å². The van der Waals surface area contributed by atoms with Crippen LogP contribution in [-0.2, 0) is 10.2 Å². The zero-order chi connectivity index (χ0) is 24.3. The maximum Gasteiger partial charge on any atom is 0.186 e. The van der Waals surface area contributed by atoms with Crippen LogP contribution in [0.1, 0.15) is 22.3 Å². The number of benzene rings is 3. The normalized spacial score (nSPS) is 15.8. The maximum atomic E-state index is 13.1. The largest absolute Gasteiger partial charge is 0.396 e. The van der Waals surface area contributed by atoms with Crippen molar-refractivity contribution in [3.8, 4) is 0 Å². The highest BCUT2D eigenvalue weighted by molar-refractivity contribution is 7.99. The first kappa shape index (κ1) is 23.9. The smallest absolute Gasteiger partial charge is 0.186 e. The van der Waals surface area contributed by atoms with Crippen molar-refractivity contribution in [3.63, 3.8) is 0 Å². The van der Waals surface area contributed by atoms with Gasteiger partial charge in [-0.3, -0.25) is 4.79 Å². The number of carbonyl (C=O) groups excluding carboxylic acids is 1. The van der Waals surface area contributed by atoms with Gasteiger partial charge in [-0.05, 0) is 64.2 Å². The molecule has 2 aliphatic rings. The van der Waals surface area contributed by atoms with Gasteiger partial charge in [0.1, 0.15) is 0 Å². The van der Waals surface area contributed by atoms with Crippen molar-refractivity contribution in [1.29, 1.82) is 0 Å². The molecule has 2 aliphatic carbocycles. The Morgan fingerprint density at radius 3 is 1.89 bits per heavy atom. The van der Waals surface area contributed by atoms with Crippen LogP contribution in [0.25, 0.3) is 6.08 Å². The van der Waals surface area contributed by atoms with Gasteiger partial charge >= 0.3 is 0 Å². The molecule has 0 spiro atoms. The standard InChI is InChI=1S/C30H26O3S2/c31-16-18-34-24-12-8-22(9-13-24)30(23-10-14-25(15-11-23)35-19-17-32)27-5-2-1-4-21(27)20-26-28(30)6-3-7-29(26)33/h1-15,20,31-32H,16-19H2. The first-order valence-corrected chi connectivity index (χ1v) is 13.6. The first-order valence-electron chi connectivity index (χ1n) is 11.6. The first-order chi connectivity index (χ1) is 17.2. The number of hydrogen-bond acceptors (Lipinski definition) is 5. The fourth-order valence-electron chi connectivity index (χ4n) is 5.00. The van der Waals surface area contributed by atoms with Crippen molar-refractivity contribution in [1.82, 2.24) is 0 Å². The minimum atomic E-state index is -0.651. The van der Waals surface area contributed by atoms with Crippen LogP contribution in [0.15, 0.2) is 112 Å². The molecule has 0 amide bonds. The van der Waals surface area contributed by atoms with E-state index in [2.05, 4.69) is 72.8 Å². The number of aliphatic hydroxyl groups excluding tert-OH is 2. The van der Waals surface area contributed by atoms with Crippen LogP contribution in [0.2, 0.25) is 0 Å². The van der Waals surface area contributed by atoms with Gasteiger partial charge in [0.2, 0.25) is 0 Å². The van der Waals surface area contributed by atoms with Crippen LogP contribution in [0.4, 0.5) is 0 Å². The second-order valence-corrected chi connectivity index (χ2v) is 10.7. The van der Waals surface area contributed by atoms with E-state index in [9.17, 15) is 15.0 Å². The van der Waals surface area contributed by atoms with Crippen LogP contribution in [0, 0.1) is 0 Å². The van der Waals surface area contributed by atoms with Gasteiger partial charge in [-0.1, -0.05) is 60.7 Å². The topological polar surface area (TPSA) is 57.5 Å². The van der Waals surface area contributed by atoms with E-state index in [1.807, 2.05) is 18.2 Å². The van der Waals surface area contributed by atoms with E-state index >= 15 is 0 Å². The van der Waals surface area contributed by atoms with Gasteiger partial charge in [-0.25, -0.2) is 0 Å². The number of hydrogen-bond donors (Lipinski definition) is 2. The predicted octanol–water partition coefficient (Wildman–Crippen LogP) is 5.65. The summed E-state index contributed by atoms with van der Waals surface area (Å²) in [6, 6.07) is 25.3. The highest BCUT2D eigenvalue weighted by Gasteiger charge is 2.46. The molecule has 3 aromatic carbocycles. The summed E-state index contributed by atoms with van der Waals surface area (Å²) < 4.78 is 0. The number of carbonyl (C=O) groups is 1. The predicted molar refractivity (Wildman–Crippen MR) is 145 cm³/mol. The van der Waals surface area contributed by atoms with Gasteiger partial charge in [0, 0.05) is 26.9 Å². The molecule has 0 saturated carbocycles. The third kappa shape index (κ3) is 4.34. The molecule has 0 bridgehead atoms. The summed E-state index contributed by atoms with van der Waals surface area (Å²) in [5.74, 6) is 1.32. The van der Waals surface area contributed by atoms with Gasteiger partial charge in [-0.2, -0.15) is 0 Å². The van der Waals surface area contributed by atoms with E-state index in [0.29, 0.717) is 11.5 Å². The fourth-order valence-corrected chi connectivity index (χ4v) is 6.31. The number of thioether (sulfide) groups is 2.